The number of hydrogen-bond acceptors (Lipinski definition) is 5. The van der Waals surface area contributed by atoms with Gasteiger partial charge in [0.05, 0.1) is 0 Å². The van der Waals surface area contributed by atoms with Crippen LogP contribution in [0.3, 0.4) is 0 Å². The van der Waals surface area contributed by atoms with Gasteiger partial charge in [-0.1, -0.05) is 0 Å². The fourth-order valence-electron chi connectivity index (χ4n) is 0. The maximum Gasteiger partial charge on any atom is 1.00 e. The van der Waals surface area contributed by atoms with Crippen molar-refractivity contribution in [1.29, 1.82) is 0 Å². The van der Waals surface area contributed by atoms with Gasteiger partial charge in [0.15, 0.2) is 0 Å². The summed E-state index contributed by atoms with van der Waals surface area (Å²) < 4.78 is 0. The number of carbonyl (C=O) groups is 5. The maximum absolute atomic E-state index is 9.00. The molecule has 0 spiro atoms. The molecule has 0 atom stereocenters. The van der Waals surface area contributed by atoms with Crippen LogP contribution in [0, 0.1) is 0 Å². The molecule has 0 unspecified atom stereocenters. The second-order valence-electron chi connectivity index (χ2n) is 2.60. The van der Waals surface area contributed by atoms with Gasteiger partial charge in [0.2, 0.25) is 0 Å². The molecule has 0 aromatic carbocycles. The van der Waals surface area contributed by atoms with Crippen molar-refractivity contribution >= 4 is 29.8 Å². The first-order valence-corrected chi connectivity index (χ1v) is 4.64. The van der Waals surface area contributed by atoms with Crippen molar-refractivity contribution in [2.45, 2.75) is 34.6 Å². The van der Waals surface area contributed by atoms with Crippen molar-refractivity contribution in [3.8, 4) is 0 Å². The van der Waals surface area contributed by atoms with Crippen molar-refractivity contribution in [2.24, 2.45) is 0 Å². The van der Waals surface area contributed by atoms with Crippen LogP contribution in [0.4, 0.5) is 0 Å². The molecule has 0 saturated heterocycles. The molecule has 5 N–H and O–H groups in total. The van der Waals surface area contributed by atoms with E-state index in [1.54, 1.807) is 0 Å². The average Bonchev–Trinajstić information content (AvgIpc) is 1.94. The summed E-state index contributed by atoms with van der Waals surface area (Å²) in [6.45, 7) is 5.42. The molecule has 57 heteroatoms. The fraction of sp³-hybridized carbons (Fsp3) is 0.500. The van der Waals surface area contributed by atoms with E-state index in [1.165, 1.54) is 0 Å². The SMILES string of the molecule is CC(=O)O.CC(=O)O.CC(=O)O.CC(=O)O.CC(=O)O.[Na+].[Na+].[Na+].[Na+].[Na+].[Na+].[Na+].[Na+].[Na+].[Na+].[Na+].[Na+].[Na+].[Na+].[Na+].[Na+].[Na+].[Na+].[Na+].[Na+].[Na+].[Na+].[Na+].[Na+].[Na+].[Na+].[Na+].[Na+].[Na+].[Na+].[Na+].[Na+].[Na+].[Na+].[Na+].[Na+].[Na+].[Na+].[Na+].[Na+].[Na+].[Na+].[Na+].[Na+].[Na+].[Na+].[Na+]. The van der Waals surface area contributed by atoms with E-state index in [-0.39, 0.29) is 1390 Å². The van der Waals surface area contributed by atoms with Gasteiger partial charge in [-0.3, -0.25) is 24.0 Å². The summed E-state index contributed by atoms with van der Waals surface area (Å²) in [5.41, 5.74) is 0. The van der Waals surface area contributed by atoms with E-state index in [2.05, 4.69) is 0 Å². The van der Waals surface area contributed by atoms with Gasteiger partial charge in [0, 0.05) is 34.6 Å². The van der Waals surface area contributed by atoms with Crippen LogP contribution < -0.4 is 1390 Å². The van der Waals surface area contributed by atoms with E-state index in [9.17, 15) is 0 Å². The Kier molecular flexibility index (Phi) is 2150. The zero-order valence-corrected chi connectivity index (χ0v) is 153. The van der Waals surface area contributed by atoms with Gasteiger partial charge in [-0.05, 0) is 0 Å². The minimum absolute atomic E-state index is 0. The van der Waals surface area contributed by atoms with E-state index in [4.69, 9.17) is 49.5 Å². The van der Waals surface area contributed by atoms with Gasteiger partial charge in [-0.15, -0.1) is 0 Å². The van der Waals surface area contributed by atoms with Gasteiger partial charge >= 0.3 is 1390 Å². The van der Waals surface area contributed by atoms with Crippen LogP contribution >= 0.6 is 0 Å². The van der Waals surface area contributed by atoms with Crippen LogP contribution in [-0.4, -0.2) is 55.4 Å². The van der Waals surface area contributed by atoms with Crippen molar-refractivity contribution < 1.29 is 1440 Å². The molecule has 0 aromatic rings. The summed E-state index contributed by atoms with van der Waals surface area (Å²) >= 11 is 0. The van der Waals surface area contributed by atoms with Gasteiger partial charge < -0.3 is 25.5 Å². The molecular weight excluding hydrogens is 1360 g/mol. The van der Waals surface area contributed by atoms with Gasteiger partial charge in [0.25, 0.3) is 29.8 Å². The Hall–Kier alpha value is 44.4. The molecule has 0 bridgehead atoms. The number of hydrogen-bond donors (Lipinski definition) is 5. The van der Waals surface area contributed by atoms with E-state index >= 15 is 0 Å². The molecule has 0 amide bonds. The van der Waals surface area contributed by atoms with E-state index in [1.807, 2.05) is 0 Å². The smallest absolute Gasteiger partial charge is 0.481 e. The topological polar surface area (TPSA) is 186 Å². The van der Waals surface area contributed by atoms with Gasteiger partial charge in [0.1, 0.15) is 0 Å². The van der Waals surface area contributed by atoms with Gasteiger partial charge in [-0.25, -0.2) is 0 Å². The molecule has 10 nitrogen and oxygen atoms in total. The standard InChI is InChI=1S/5C2H4O2.47Na/c5*1-2(3)4;;;;;;;;;;;;;;;;;;;;;;;;;;;;;;;;;;;;;;;;;;;;;;;/h5*1H3,(H,3,4);;;;;;;;;;;;;;;;;;;;;;;;;;;;;;;;;;;;;;;;;;;;;;;/q;;;;;47*+1. The number of carboxylic acids is 5. The summed E-state index contributed by atoms with van der Waals surface area (Å²) in [5.74, 6) is -4.17. The van der Waals surface area contributed by atoms with Crippen LogP contribution in [0.15, 0.2) is 0 Å². The monoisotopic (exact) mass is 1380 g/mol. The van der Waals surface area contributed by atoms with Gasteiger partial charge in [-0.2, -0.15) is 0 Å². The predicted octanol–water partition coefficient (Wildman–Crippen LogP) is -140. The van der Waals surface area contributed by atoms with Crippen molar-refractivity contribution in [2.75, 3.05) is 0 Å². The third-order valence-electron chi connectivity index (χ3n) is 0. The molecule has 67 heavy (non-hydrogen) atoms. The van der Waals surface area contributed by atoms with E-state index in [0.717, 1.165) is 34.6 Å². The maximum atomic E-state index is 9.00. The number of rotatable bonds is 0. The molecule has 0 aliphatic carbocycles. The van der Waals surface area contributed by atoms with Crippen molar-refractivity contribution in [3.05, 3.63) is 0 Å². The Labute approximate surface area is 1450 Å². The van der Waals surface area contributed by atoms with Crippen LogP contribution in [0.1, 0.15) is 34.6 Å². The van der Waals surface area contributed by atoms with Crippen LogP contribution in [0.2, 0.25) is 0 Å². The Balaban J connectivity index is -0.000000000714. The quantitative estimate of drug-likeness (QED) is 0.146. The van der Waals surface area contributed by atoms with Crippen molar-refractivity contribution in [1.82, 2.24) is 0 Å². The molecule has 0 radical (unpaired) electrons. The van der Waals surface area contributed by atoms with E-state index in [0.29, 0.717) is 0 Å². The number of aliphatic carboxylic acids is 5. The summed E-state index contributed by atoms with van der Waals surface area (Å²) in [5, 5.41) is 37.1. The Bertz CT molecular complexity index is 264. The molecule has 0 rings (SSSR count). The Morgan fingerprint density at radius 3 is 0.134 bits per heavy atom. The average molecular weight is 1380 g/mol. The zero-order valence-electron chi connectivity index (χ0n) is 58.8. The minimum atomic E-state index is -0.833. The molecular formula is C10H20Na47O10+47. The summed E-state index contributed by atoms with van der Waals surface area (Å²) in [6.07, 6.45) is 0. The Morgan fingerprint density at radius 2 is 0.134 bits per heavy atom. The normalized spacial score (nSPS) is 1.87. The summed E-state index contributed by atoms with van der Waals surface area (Å²) in [7, 11) is 0. The first-order valence-electron chi connectivity index (χ1n) is 4.64. The molecule has 0 fully saturated rings. The summed E-state index contributed by atoms with van der Waals surface area (Å²) in [4.78, 5) is 45.0. The van der Waals surface area contributed by atoms with Crippen LogP contribution in [0.5, 0.6) is 0 Å². The molecule has 0 aliphatic rings. The first kappa shape index (κ1) is 385. The second-order valence-corrected chi connectivity index (χ2v) is 2.60. The minimum Gasteiger partial charge on any atom is -0.481 e. The van der Waals surface area contributed by atoms with Crippen molar-refractivity contribution in [3.63, 3.8) is 0 Å². The van der Waals surface area contributed by atoms with E-state index < -0.39 is 29.8 Å². The molecule has 120 valence electrons. The summed E-state index contributed by atoms with van der Waals surface area (Å²) in [6, 6.07) is 0. The first-order chi connectivity index (χ1) is 8.66. The zero-order chi connectivity index (χ0) is 17.9. The third-order valence-corrected chi connectivity index (χ3v) is 0. The largest absolute Gasteiger partial charge is 1.00 e. The molecule has 0 aromatic heterocycles. The molecule has 0 saturated carbocycles. The third kappa shape index (κ3) is 659. The molecule has 0 aliphatic heterocycles. The van der Waals surface area contributed by atoms with Crippen LogP contribution in [-0.2, 0) is 24.0 Å². The fourth-order valence-corrected chi connectivity index (χ4v) is 0. The number of carboxylic acid groups (broad SMARTS) is 5. The molecule has 0 heterocycles. The second kappa shape index (κ2) is 375. The Morgan fingerprint density at radius 1 is 0.134 bits per heavy atom. The van der Waals surface area contributed by atoms with Crippen LogP contribution in [0.25, 0.3) is 0 Å². The predicted molar refractivity (Wildman–Crippen MR) is 66.5 cm³/mol.